The lowest BCUT2D eigenvalue weighted by atomic mass is 10.2. The van der Waals surface area contributed by atoms with Crippen molar-refractivity contribution in [3.8, 4) is 10.6 Å². The Bertz CT molecular complexity index is 568. The summed E-state index contributed by atoms with van der Waals surface area (Å²) in [6.07, 6.45) is 1.04. The Labute approximate surface area is 121 Å². The van der Waals surface area contributed by atoms with E-state index in [1.54, 1.807) is 0 Å². The molecule has 1 aromatic carbocycles. The highest BCUT2D eigenvalue weighted by Gasteiger charge is 2.11. The fraction of sp³-hybridized carbons (Fsp3) is 0.286. The summed E-state index contributed by atoms with van der Waals surface area (Å²) in [5, 5.41) is 3.35. The van der Waals surface area contributed by atoms with Gasteiger partial charge in [0.1, 0.15) is 5.01 Å². The monoisotopic (exact) mass is 295 g/mol. The minimum atomic E-state index is -0.238. The maximum absolute atomic E-state index is 11.5. The van der Waals surface area contributed by atoms with Gasteiger partial charge >= 0.3 is 5.97 Å². The van der Waals surface area contributed by atoms with Crippen LogP contribution in [0.2, 0.25) is 5.02 Å². The summed E-state index contributed by atoms with van der Waals surface area (Å²) >= 11 is 7.60. The van der Waals surface area contributed by atoms with Crippen LogP contribution in [0.1, 0.15) is 19.0 Å². The van der Waals surface area contributed by atoms with E-state index in [9.17, 15) is 4.79 Å². The van der Waals surface area contributed by atoms with Crippen molar-refractivity contribution in [3.63, 3.8) is 0 Å². The van der Waals surface area contributed by atoms with E-state index in [0.717, 1.165) is 22.7 Å². The Morgan fingerprint density at radius 2 is 2.21 bits per heavy atom. The van der Waals surface area contributed by atoms with Crippen LogP contribution < -0.4 is 0 Å². The molecule has 0 N–H and O–H groups in total. The van der Waals surface area contributed by atoms with Crippen LogP contribution >= 0.6 is 22.9 Å². The van der Waals surface area contributed by atoms with Gasteiger partial charge in [-0.25, -0.2) is 4.98 Å². The maximum Gasteiger partial charge on any atom is 0.311 e. The van der Waals surface area contributed by atoms with Crippen LogP contribution in [-0.2, 0) is 16.0 Å². The first kappa shape index (κ1) is 14.0. The second-order valence-electron chi connectivity index (χ2n) is 4.02. The van der Waals surface area contributed by atoms with Crippen molar-refractivity contribution in [2.75, 3.05) is 6.61 Å². The van der Waals surface area contributed by atoms with Gasteiger partial charge < -0.3 is 4.74 Å². The van der Waals surface area contributed by atoms with Crippen molar-refractivity contribution in [1.29, 1.82) is 0 Å². The smallest absolute Gasteiger partial charge is 0.311 e. The summed E-state index contributed by atoms with van der Waals surface area (Å²) < 4.78 is 5.03. The van der Waals surface area contributed by atoms with Gasteiger partial charge in [-0.05, 0) is 12.5 Å². The molecule has 5 heteroatoms. The zero-order valence-electron chi connectivity index (χ0n) is 10.6. The highest BCUT2D eigenvalue weighted by atomic mass is 35.5. The molecule has 0 amide bonds. The van der Waals surface area contributed by atoms with Crippen LogP contribution in [0.15, 0.2) is 29.6 Å². The Kier molecular flexibility index (Phi) is 4.93. The summed E-state index contributed by atoms with van der Waals surface area (Å²) in [6, 6.07) is 7.54. The highest BCUT2D eigenvalue weighted by Crippen LogP contribution is 2.30. The molecule has 0 saturated heterocycles. The molecule has 0 fully saturated rings. The normalized spacial score (nSPS) is 10.4. The average molecular weight is 296 g/mol. The van der Waals surface area contributed by atoms with E-state index in [1.807, 2.05) is 36.6 Å². The molecule has 0 spiro atoms. The predicted molar refractivity (Wildman–Crippen MR) is 77.5 cm³/mol. The van der Waals surface area contributed by atoms with Crippen LogP contribution in [0.5, 0.6) is 0 Å². The number of carbonyl (C=O) groups excluding carboxylic acids is 1. The van der Waals surface area contributed by atoms with Gasteiger partial charge in [0.15, 0.2) is 0 Å². The lowest BCUT2D eigenvalue weighted by Crippen LogP contribution is -2.08. The Hall–Kier alpha value is -1.39. The zero-order chi connectivity index (χ0) is 13.7. The number of halogens is 1. The van der Waals surface area contributed by atoms with Crippen molar-refractivity contribution >= 4 is 28.9 Å². The summed E-state index contributed by atoms with van der Waals surface area (Å²) in [5.74, 6) is -0.238. The van der Waals surface area contributed by atoms with E-state index in [0.29, 0.717) is 11.6 Å². The largest absolute Gasteiger partial charge is 0.465 e. The topological polar surface area (TPSA) is 39.2 Å². The molecule has 100 valence electrons. The number of carbonyl (C=O) groups is 1. The molecule has 2 aromatic rings. The lowest BCUT2D eigenvalue weighted by Gasteiger charge is -2.01. The van der Waals surface area contributed by atoms with Gasteiger partial charge in [-0.1, -0.05) is 36.7 Å². The van der Waals surface area contributed by atoms with Gasteiger partial charge in [-0.3, -0.25) is 4.79 Å². The number of ether oxygens (including phenoxy) is 1. The number of benzene rings is 1. The Balaban J connectivity index is 2.07. The van der Waals surface area contributed by atoms with Crippen molar-refractivity contribution in [3.05, 3.63) is 40.4 Å². The van der Waals surface area contributed by atoms with E-state index in [1.165, 1.54) is 11.3 Å². The zero-order valence-corrected chi connectivity index (χ0v) is 12.1. The van der Waals surface area contributed by atoms with Crippen LogP contribution in [-0.4, -0.2) is 17.6 Å². The van der Waals surface area contributed by atoms with E-state index in [4.69, 9.17) is 16.3 Å². The molecule has 0 aliphatic rings. The summed E-state index contributed by atoms with van der Waals surface area (Å²) in [5.41, 5.74) is 1.61. The quantitative estimate of drug-likeness (QED) is 0.784. The van der Waals surface area contributed by atoms with Crippen molar-refractivity contribution < 1.29 is 9.53 Å². The maximum atomic E-state index is 11.5. The number of nitrogens with zero attached hydrogens (tertiary/aromatic N) is 1. The van der Waals surface area contributed by atoms with Gasteiger partial charge in [0, 0.05) is 10.9 Å². The fourth-order valence-corrected chi connectivity index (χ4v) is 2.70. The van der Waals surface area contributed by atoms with Crippen LogP contribution in [0.25, 0.3) is 10.6 Å². The first-order chi connectivity index (χ1) is 9.20. The number of esters is 1. The third-order valence-corrected chi connectivity index (χ3v) is 3.70. The molecule has 0 aliphatic heterocycles. The minimum Gasteiger partial charge on any atom is -0.465 e. The third-order valence-electron chi connectivity index (χ3n) is 2.45. The van der Waals surface area contributed by atoms with Gasteiger partial charge in [-0.15, -0.1) is 11.3 Å². The Morgan fingerprint density at radius 1 is 1.42 bits per heavy atom. The molecule has 3 nitrogen and oxygen atoms in total. The molecule has 1 heterocycles. The van der Waals surface area contributed by atoms with Gasteiger partial charge in [0.05, 0.1) is 23.7 Å². The second-order valence-corrected chi connectivity index (χ2v) is 5.29. The molecule has 1 aromatic heterocycles. The lowest BCUT2D eigenvalue weighted by molar-refractivity contribution is -0.142. The highest BCUT2D eigenvalue weighted by molar-refractivity contribution is 7.13. The number of hydrogen-bond acceptors (Lipinski definition) is 4. The van der Waals surface area contributed by atoms with Crippen molar-refractivity contribution in [1.82, 2.24) is 4.98 Å². The van der Waals surface area contributed by atoms with E-state index in [2.05, 4.69) is 4.98 Å². The molecule has 2 rings (SSSR count). The molecular formula is C14H14ClNO2S. The van der Waals surface area contributed by atoms with Crippen molar-refractivity contribution in [2.24, 2.45) is 0 Å². The molecule has 0 radical (unpaired) electrons. The second kappa shape index (κ2) is 6.68. The van der Waals surface area contributed by atoms with E-state index < -0.39 is 0 Å². The standard InChI is InChI=1S/C14H14ClNO2S/c1-2-7-18-13(17)8-10-9-19-14(16-10)11-5-3-4-6-12(11)15/h3-6,9H,2,7-8H2,1H3. The predicted octanol–water partition coefficient (Wildman–Crippen LogP) is 3.96. The molecule has 0 bridgehead atoms. The molecule has 0 saturated carbocycles. The number of rotatable bonds is 5. The SMILES string of the molecule is CCCOC(=O)Cc1csc(-c2ccccc2Cl)n1. The van der Waals surface area contributed by atoms with Gasteiger partial charge in [-0.2, -0.15) is 0 Å². The summed E-state index contributed by atoms with van der Waals surface area (Å²) in [7, 11) is 0. The van der Waals surface area contributed by atoms with Crippen LogP contribution in [0.4, 0.5) is 0 Å². The van der Waals surface area contributed by atoms with Gasteiger partial charge in [0.25, 0.3) is 0 Å². The average Bonchev–Trinajstić information content (AvgIpc) is 2.85. The molecular weight excluding hydrogens is 282 g/mol. The first-order valence-electron chi connectivity index (χ1n) is 6.05. The minimum absolute atomic E-state index is 0.209. The molecule has 0 atom stereocenters. The number of aromatic nitrogens is 1. The molecule has 0 unspecified atom stereocenters. The van der Waals surface area contributed by atoms with Crippen LogP contribution in [0, 0.1) is 0 Å². The summed E-state index contributed by atoms with van der Waals surface area (Å²) in [6.45, 7) is 2.42. The number of hydrogen-bond donors (Lipinski definition) is 0. The fourth-order valence-electron chi connectivity index (χ4n) is 1.56. The number of thiazole rings is 1. The third kappa shape index (κ3) is 3.78. The van der Waals surface area contributed by atoms with E-state index >= 15 is 0 Å². The van der Waals surface area contributed by atoms with Crippen LogP contribution in [0.3, 0.4) is 0 Å². The van der Waals surface area contributed by atoms with E-state index in [-0.39, 0.29) is 12.4 Å². The van der Waals surface area contributed by atoms with Crippen molar-refractivity contribution in [2.45, 2.75) is 19.8 Å². The Morgan fingerprint density at radius 3 is 2.95 bits per heavy atom. The molecule has 19 heavy (non-hydrogen) atoms. The summed E-state index contributed by atoms with van der Waals surface area (Å²) in [4.78, 5) is 15.9. The first-order valence-corrected chi connectivity index (χ1v) is 7.31. The molecule has 0 aliphatic carbocycles. The van der Waals surface area contributed by atoms with Gasteiger partial charge in [0.2, 0.25) is 0 Å².